The van der Waals surface area contributed by atoms with Crippen molar-refractivity contribution in [3.63, 3.8) is 0 Å². The second-order valence-corrected chi connectivity index (χ2v) is 4.01. The molecule has 1 N–H and O–H groups in total. The number of hydrogen-bond acceptors (Lipinski definition) is 5. The second kappa shape index (κ2) is 5.91. The van der Waals surface area contributed by atoms with Gasteiger partial charge in [-0.15, -0.1) is 5.10 Å². The fraction of sp³-hybridized carbons (Fsp3) is 0.250. The molecule has 0 fully saturated rings. The number of carboxylic acids is 1. The van der Waals surface area contributed by atoms with Crippen molar-refractivity contribution in [1.82, 2.24) is 25.1 Å². The van der Waals surface area contributed by atoms with E-state index in [0.29, 0.717) is 17.8 Å². The lowest BCUT2D eigenvalue weighted by atomic mass is 10.2. The summed E-state index contributed by atoms with van der Waals surface area (Å²) in [5.74, 6) is -1.36. The quantitative estimate of drug-likeness (QED) is 0.837. The largest absolute Gasteiger partial charge is 0.480 e. The highest BCUT2D eigenvalue weighted by Crippen LogP contribution is 2.10. The molecule has 0 aliphatic rings. The van der Waals surface area contributed by atoms with Gasteiger partial charge in [0.25, 0.3) is 5.91 Å². The maximum Gasteiger partial charge on any atom is 0.323 e. The highest BCUT2D eigenvalue weighted by molar-refractivity contribution is 5.96. The van der Waals surface area contributed by atoms with E-state index in [1.54, 1.807) is 31.2 Å². The van der Waals surface area contributed by atoms with Gasteiger partial charge in [-0.25, -0.2) is 4.68 Å². The van der Waals surface area contributed by atoms with Gasteiger partial charge in [0.05, 0.1) is 5.69 Å². The van der Waals surface area contributed by atoms with Crippen LogP contribution in [0.25, 0.3) is 5.69 Å². The van der Waals surface area contributed by atoms with Gasteiger partial charge in [0.15, 0.2) is 0 Å². The Balaban J connectivity index is 2.16. The Bertz CT molecular complexity index is 594. The molecule has 0 bridgehead atoms. The molecule has 0 spiro atoms. The number of carbonyl (C=O) groups is 2. The van der Waals surface area contributed by atoms with Crippen LogP contribution in [0.1, 0.15) is 17.3 Å². The smallest absolute Gasteiger partial charge is 0.323 e. The Kier molecular flexibility index (Phi) is 4.04. The summed E-state index contributed by atoms with van der Waals surface area (Å²) in [5, 5.41) is 19.5. The van der Waals surface area contributed by atoms with Gasteiger partial charge in [-0.1, -0.05) is 0 Å². The van der Waals surface area contributed by atoms with E-state index in [0.717, 1.165) is 0 Å². The summed E-state index contributed by atoms with van der Waals surface area (Å²) in [5.41, 5.74) is 1.14. The lowest BCUT2D eigenvalue weighted by Gasteiger charge is -2.18. The molecule has 0 radical (unpaired) electrons. The number of amides is 1. The zero-order chi connectivity index (χ0) is 14.5. The van der Waals surface area contributed by atoms with Crippen LogP contribution in [0, 0.1) is 0 Å². The van der Waals surface area contributed by atoms with Crippen molar-refractivity contribution in [3.05, 3.63) is 36.2 Å². The number of likely N-dealkylation sites (N-methyl/N-ethyl adjacent to an activating group) is 1. The molecule has 0 aliphatic heterocycles. The molecule has 1 aromatic heterocycles. The van der Waals surface area contributed by atoms with Gasteiger partial charge >= 0.3 is 5.97 Å². The minimum atomic E-state index is -1.04. The van der Waals surface area contributed by atoms with Crippen molar-refractivity contribution < 1.29 is 14.7 Å². The fourth-order valence-corrected chi connectivity index (χ4v) is 1.71. The summed E-state index contributed by atoms with van der Waals surface area (Å²) in [6.07, 6.45) is 1.44. The van der Waals surface area contributed by atoms with E-state index >= 15 is 0 Å². The van der Waals surface area contributed by atoms with Crippen molar-refractivity contribution >= 4 is 11.9 Å². The molecule has 0 aliphatic carbocycles. The minimum absolute atomic E-state index is 0.315. The highest BCUT2D eigenvalue weighted by Gasteiger charge is 2.16. The zero-order valence-corrected chi connectivity index (χ0v) is 10.8. The summed E-state index contributed by atoms with van der Waals surface area (Å²) >= 11 is 0. The van der Waals surface area contributed by atoms with E-state index in [2.05, 4.69) is 15.5 Å². The first-order valence-electron chi connectivity index (χ1n) is 5.96. The van der Waals surface area contributed by atoms with Crippen LogP contribution in [-0.4, -0.2) is 55.2 Å². The second-order valence-electron chi connectivity index (χ2n) is 4.01. The number of aliphatic carboxylic acids is 1. The minimum Gasteiger partial charge on any atom is -0.480 e. The van der Waals surface area contributed by atoms with E-state index in [1.165, 1.54) is 15.9 Å². The van der Waals surface area contributed by atoms with Gasteiger partial charge in [0.1, 0.15) is 12.9 Å². The average Bonchev–Trinajstić information content (AvgIpc) is 2.98. The first kappa shape index (κ1) is 13.7. The van der Waals surface area contributed by atoms with Crippen LogP contribution in [-0.2, 0) is 4.79 Å². The molecular formula is C12H13N5O3. The maximum atomic E-state index is 12.1. The lowest BCUT2D eigenvalue weighted by molar-refractivity contribution is -0.137. The monoisotopic (exact) mass is 275 g/mol. The number of aromatic nitrogens is 4. The molecule has 8 nitrogen and oxygen atoms in total. The number of carboxylic acid groups (broad SMARTS) is 1. The van der Waals surface area contributed by atoms with Crippen LogP contribution in [0.4, 0.5) is 0 Å². The number of carbonyl (C=O) groups excluding carboxylic acids is 1. The van der Waals surface area contributed by atoms with Crippen LogP contribution >= 0.6 is 0 Å². The molecular weight excluding hydrogens is 262 g/mol. The predicted molar refractivity (Wildman–Crippen MR) is 68.4 cm³/mol. The Labute approximate surface area is 114 Å². The van der Waals surface area contributed by atoms with Gasteiger partial charge in [-0.05, 0) is 41.6 Å². The molecule has 0 unspecified atom stereocenters. The average molecular weight is 275 g/mol. The summed E-state index contributed by atoms with van der Waals surface area (Å²) in [7, 11) is 0. The van der Waals surface area contributed by atoms with Crippen molar-refractivity contribution in [1.29, 1.82) is 0 Å². The normalized spacial score (nSPS) is 10.2. The van der Waals surface area contributed by atoms with E-state index in [-0.39, 0.29) is 12.5 Å². The molecule has 0 saturated carbocycles. The van der Waals surface area contributed by atoms with Crippen molar-refractivity contribution in [3.8, 4) is 5.69 Å². The molecule has 8 heteroatoms. The van der Waals surface area contributed by atoms with E-state index in [9.17, 15) is 9.59 Å². The highest BCUT2D eigenvalue weighted by atomic mass is 16.4. The zero-order valence-electron chi connectivity index (χ0n) is 10.8. The van der Waals surface area contributed by atoms with Crippen LogP contribution in [0.3, 0.4) is 0 Å². The predicted octanol–water partition coefficient (Wildman–Crippen LogP) is 0.209. The molecule has 0 atom stereocenters. The molecule has 20 heavy (non-hydrogen) atoms. The van der Waals surface area contributed by atoms with Crippen LogP contribution < -0.4 is 0 Å². The van der Waals surface area contributed by atoms with Crippen LogP contribution in [0.5, 0.6) is 0 Å². The van der Waals surface area contributed by atoms with E-state index in [1.807, 2.05) is 0 Å². The standard InChI is InChI=1S/C12H13N5O3/c1-2-16(7-11(18)19)12(20)9-3-5-10(6-4-9)17-8-13-14-15-17/h3-6,8H,2,7H2,1H3,(H,18,19). The number of nitrogens with zero attached hydrogens (tertiary/aromatic N) is 5. The Hall–Kier alpha value is -2.77. The molecule has 1 heterocycles. The third kappa shape index (κ3) is 2.97. The third-order valence-electron chi connectivity index (χ3n) is 2.72. The Morgan fingerprint density at radius 1 is 1.30 bits per heavy atom. The van der Waals surface area contributed by atoms with Gasteiger partial charge in [0, 0.05) is 12.1 Å². The van der Waals surface area contributed by atoms with Gasteiger partial charge in [-0.3, -0.25) is 9.59 Å². The lowest BCUT2D eigenvalue weighted by Crippen LogP contribution is -2.35. The molecule has 1 aromatic carbocycles. The van der Waals surface area contributed by atoms with Crippen LogP contribution in [0.2, 0.25) is 0 Å². The molecule has 2 rings (SSSR count). The summed E-state index contributed by atoms with van der Waals surface area (Å²) in [4.78, 5) is 24.1. The summed E-state index contributed by atoms with van der Waals surface area (Å²) < 4.78 is 1.46. The molecule has 1 amide bonds. The van der Waals surface area contributed by atoms with Crippen molar-refractivity contribution in [2.75, 3.05) is 13.1 Å². The topological polar surface area (TPSA) is 101 Å². The van der Waals surface area contributed by atoms with Crippen molar-refractivity contribution in [2.24, 2.45) is 0 Å². The Morgan fingerprint density at radius 3 is 2.50 bits per heavy atom. The maximum absolute atomic E-state index is 12.1. The molecule has 104 valence electrons. The fourth-order valence-electron chi connectivity index (χ4n) is 1.71. The van der Waals surface area contributed by atoms with Crippen LogP contribution in [0.15, 0.2) is 30.6 Å². The molecule has 0 saturated heterocycles. The van der Waals surface area contributed by atoms with Gasteiger partial charge < -0.3 is 10.0 Å². The number of rotatable bonds is 5. The molecule has 2 aromatic rings. The summed E-state index contributed by atoms with van der Waals surface area (Å²) in [6.45, 7) is 1.75. The SMILES string of the molecule is CCN(CC(=O)O)C(=O)c1ccc(-n2cnnn2)cc1. The number of hydrogen-bond donors (Lipinski definition) is 1. The van der Waals surface area contributed by atoms with E-state index < -0.39 is 5.97 Å². The third-order valence-corrected chi connectivity index (χ3v) is 2.72. The van der Waals surface area contributed by atoms with Gasteiger partial charge in [-0.2, -0.15) is 0 Å². The number of benzene rings is 1. The first-order valence-corrected chi connectivity index (χ1v) is 5.96. The summed E-state index contributed by atoms with van der Waals surface area (Å²) in [6, 6.07) is 6.62. The first-order chi connectivity index (χ1) is 9.61. The van der Waals surface area contributed by atoms with E-state index in [4.69, 9.17) is 5.11 Å². The Morgan fingerprint density at radius 2 is 2.00 bits per heavy atom. The van der Waals surface area contributed by atoms with Crippen molar-refractivity contribution in [2.45, 2.75) is 6.92 Å². The number of tetrazole rings is 1. The van der Waals surface area contributed by atoms with Gasteiger partial charge in [0.2, 0.25) is 0 Å².